The largest absolute Gasteiger partial charge is 0.311 e. The van der Waals surface area contributed by atoms with Crippen molar-refractivity contribution in [2.45, 2.75) is 0 Å². The Morgan fingerprint density at radius 2 is 1.03 bits per heavy atom. The second-order valence-corrected chi connectivity index (χ2v) is 7.56. The second-order valence-electron chi connectivity index (χ2n) is 7.56. The maximum atomic E-state index is 4.98. The number of hydrogen-bond acceptors (Lipinski definition) is 3. The van der Waals surface area contributed by atoms with Crippen molar-refractivity contribution in [3.05, 3.63) is 151 Å². The van der Waals surface area contributed by atoms with Crippen LogP contribution in [-0.2, 0) is 0 Å². The molecule has 0 aliphatic heterocycles. The lowest BCUT2D eigenvalue weighted by molar-refractivity contribution is 1.27. The van der Waals surface area contributed by atoms with E-state index in [1.807, 2.05) is 48.5 Å². The number of benzene rings is 4. The Kier molecular flexibility index (Phi) is 6.03. The Hall–Kier alpha value is -4.50. The van der Waals surface area contributed by atoms with Crippen molar-refractivity contribution < 1.29 is 0 Å². The topological polar surface area (TPSA) is 28.5 Å². The van der Waals surface area contributed by atoms with Gasteiger partial charge in [0, 0.05) is 28.8 Å². The van der Waals surface area contributed by atoms with Gasteiger partial charge in [-0.05, 0) is 60.7 Å². The number of rotatable bonds is 6. The third-order valence-corrected chi connectivity index (χ3v) is 5.33. The van der Waals surface area contributed by atoms with Gasteiger partial charge < -0.3 is 4.90 Å². The summed E-state index contributed by atoms with van der Waals surface area (Å²) in [5.41, 5.74) is 6.91. The zero-order valence-electron chi connectivity index (χ0n) is 18.1. The minimum absolute atomic E-state index is 0.850. The van der Waals surface area contributed by atoms with Crippen molar-refractivity contribution in [3.8, 4) is 0 Å². The SMILES string of the molecule is c1ccc(C(=Nc2ccc(N(c3ccccc3)c3ccccc3)cc2)c2ccccn2)cc1. The fourth-order valence-electron chi connectivity index (χ4n) is 3.78. The number of pyridine rings is 1. The lowest BCUT2D eigenvalue weighted by Crippen LogP contribution is -2.09. The summed E-state index contributed by atoms with van der Waals surface area (Å²) in [6, 6.07) is 45.2. The highest BCUT2D eigenvalue weighted by Gasteiger charge is 2.12. The van der Waals surface area contributed by atoms with E-state index in [1.165, 1.54) is 0 Å². The standard InChI is InChI=1S/C30H23N3/c1-4-12-24(13-5-1)30(29-18-10-11-23-31-29)32-25-19-21-28(22-20-25)33(26-14-6-2-7-15-26)27-16-8-3-9-17-27/h1-23H. The predicted octanol–water partition coefficient (Wildman–Crippen LogP) is 7.72. The van der Waals surface area contributed by atoms with Gasteiger partial charge in [0.25, 0.3) is 0 Å². The maximum absolute atomic E-state index is 4.98. The Morgan fingerprint density at radius 3 is 1.58 bits per heavy atom. The van der Waals surface area contributed by atoms with Crippen LogP contribution >= 0.6 is 0 Å². The van der Waals surface area contributed by atoms with Crippen LogP contribution in [0.1, 0.15) is 11.3 Å². The maximum Gasteiger partial charge on any atom is 0.0965 e. The average molecular weight is 426 g/mol. The van der Waals surface area contributed by atoms with Crippen LogP contribution in [0.25, 0.3) is 0 Å². The highest BCUT2D eigenvalue weighted by atomic mass is 15.1. The Bertz CT molecular complexity index is 1230. The van der Waals surface area contributed by atoms with Crippen LogP contribution < -0.4 is 4.90 Å². The summed E-state index contributed by atoms with van der Waals surface area (Å²) in [6.07, 6.45) is 1.80. The summed E-state index contributed by atoms with van der Waals surface area (Å²) in [4.78, 5) is 11.8. The predicted molar refractivity (Wildman–Crippen MR) is 137 cm³/mol. The zero-order chi connectivity index (χ0) is 22.3. The molecule has 0 saturated heterocycles. The van der Waals surface area contributed by atoms with E-state index in [2.05, 4.69) is 94.8 Å². The van der Waals surface area contributed by atoms with Crippen LogP contribution in [0.15, 0.2) is 145 Å². The number of hydrogen-bond donors (Lipinski definition) is 0. The molecule has 0 aliphatic carbocycles. The fourth-order valence-corrected chi connectivity index (χ4v) is 3.78. The van der Waals surface area contributed by atoms with Crippen LogP contribution in [0.3, 0.4) is 0 Å². The summed E-state index contributed by atoms with van der Waals surface area (Å²) < 4.78 is 0. The van der Waals surface area contributed by atoms with E-state index in [-0.39, 0.29) is 0 Å². The zero-order valence-corrected chi connectivity index (χ0v) is 18.1. The van der Waals surface area contributed by atoms with Gasteiger partial charge in [0.2, 0.25) is 0 Å². The number of anilines is 3. The summed E-state index contributed by atoms with van der Waals surface area (Å²) in [5.74, 6) is 0. The van der Waals surface area contributed by atoms with Gasteiger partial charge in [-0.1, -0.05) is 72.8 Å². The van der Waals surface area contributed by atoms with Gasteiger partial charge in [0.1, 0.15) is 0 Å². The van der Waals surface area contributed by atoms with Gasteiger partial charge in [-0.25, -0.2) is 4.99 Å². The molecule has 0 radical (unpaired) electrons. The molecule has 0 spiro atoms. The fraction of sp³-hybridized carbons (Fsp3) is 0. The van der Waals surface area contributed by atoms with Crippen molar-refractivity contribution in [2.75, 3.05) is 4.90 Å². The van der Waals surface area contributed by atoms with Crippen molar-refractivity contribution in [1.82, 2.24) is 4.98 Å². The quantitative estimate of drug-likeness (QED) is 0.261. The first-order valence-electron chi connectivity index (χ1n) is 10.9. The molecule has 5 aromatic rings. The van der Waals surface area contributed by atoms with E-state index in [9.17, 15) is 0 Å². The molecular formula is C30H23N3. The van der Waals surface area contributed by atoms with Crippen LogP contribution in [0, 0.1) is 0 Å². The van der Waals surface area contributed by atoms with Crippen LogP contribution in [0.5, 0.6) is 0 Å². The molecule has 5 rings (SSSR count). The van der Waals surface area contributed by atoms with E-state index < -0.39 is 0 Å². The van der Waals surface area contributed by atoms with E-state index >= 15 is 0 Å². The molecular weight excluding hydrogens is 402 g/mol. The molecule has 1 aromatic heterocycles. The third kappa shape index (κ3) is 4.73. The van der Waals surface area contributed by atoms with E-state index in [1.54, 1.807) is 6.20 Å². The first kappa shape index (κ1) is 20.4. The monoisotopic (exact) mass is 425 g/mol. The van der Waals surface area contributed by atoms with Gasteiger partial charge >= 0.3 is 0 Å². The van der Waals surface area contributed by atoms with Crippen LogP contribution in [-0.4, -0.2) is 10.7 Å². The molecule has 3 nitrogen and oxygen atoms in total. The van der Waals surface area contributed by atoms with E-state index in [0.29, 0.717) is 0 Å². The number of aliphatic imine (C=N–C) groups is 1. The number of aromatic nitrogens is 1. The molecule has 33 heavy (non-hydrogen) atoms. The molecule has 0 N–H and O–H groups in total. The normalized spacial score (nSPS) is 11.2. The molecule has 1 heterocycles. The molecule has 3 heteroatoms. The summed E-state index contributed by atoms with van der Waals surface area (Å²) in [5, 5.41) is 0. The average Bonchev–Trinajstić information content (AvgIpc) is 2.91. The molecule has 0 saturated carbocycles. The Labute approximate surface area is 194 Å². The molecule has 4 aromatic carbocycles. The lowest BCUT2D eigenvalue weighted by atomic mass is 10.1. The molecule has 158 valence electrons. The van der Waals surface area contributed by atoms with Crippen molar-refractivity contribution in [2.24, 2.45) is 4.99 Å². The highest BCUT2D eigenvalue weighted by Crippen LogP contribution is 2.35. The summed E-state index contributed by atoms with van der Waals surface area (Å²) >= 11 is 0. The first-order valence-corrected chi connectivity index (χ1v) is 10.9. The van der Waals surface area contributed by atoms with Gasteiger partial charge in [0.15, 0.2) is 0 Å². The van der Waals surface area contributed by atoms with Gasteiger partial charge in [-0.3, -0.25) is 4.98 Å². The Balaban J connectivity index is 1.54. The minimum Gasteiger partial charge on any atom is -0.311 e. The molecule has 0 bridgehead atoms. The third-order valence-electron chi connectivity index (χ3n) is 5.33. The van der Waals surface area contributed by atoms with E-state index in [4.69, 9.17) is 4.99 Å². The first-order chi connectivity index (χ1) is 16.4. The molecule has 0 amide bonds. The number of para-hydroxylation sites is 2. The van der Waals surface area contributed by atoms with Gasteiger partial charge in [0.05, 0.1) is 17.1 Å². The molecule has 0 unspecified atom stereocenters. The second kappa shape index (κ2) is 9.75. The molecule has 0 aliphatic rings. The minimum atomic E-state index is 0.850. The van der Waals surface area contributed by atoms with Crippen molar-refractivity contribution in [1.29, 1.82) is 0 Å². The smallest absolute Gasteiger partial charge is 0.0965 e. The number of nitrogens with zero attached hydrogens (tertiary/aromatic N) is 3. The summed E-state index contributed by atoms with van der Waals surface area (Å²) in [7, 11) is 0. The van der Waals surface area contributed by atoms with Crippen molar-refractivity contribution in [3.63, 3.8) is 0 Å². The molecule has 0 fully saturated rings. The molecule has 0 atom stereocenters. The van der Waals surface area contributed by atoms with Crippen LogP contribution in [0.2, 0.25) is 0 Å². The van der Waals surface area contributed by atoms with Gasteiger partial charge in [-0.2, -0.15) is 0 Å². The summed E-state index contributed by atoms with van der Waals surface area (Å²) in [6.45, 7) is 0. The van der Waals surface area contributed by atoms with Gasteiger partial charge in [-0.15, -0.1) is 0 Å². The lowest BCUT2D eigenvalue weighted by Gasteiger charge is -2.25. The van der Waals surface area contributed by atoms with Crippen molar-refractivity contribution >= 4 is 28.5 Å². The van der Waals surface area contributed by atoms with Crippen LogP contribution in [0.4, 0.5) is 22.7 Å². The van der Waals surface area contributed by atoms with E-state index in [0.717, 1.165) is 39.7 Å². The highest BCUT2D eigenvalue weighted by molar-refractivity contribution is 6.12. The Morgan fingerprint density at radius 1 is 0.515 bits per heavy atom.